The zero-order valence-electron chi connectivity index (χ0n) is 11.6. The van der Waals surface area contributed by atoms with Gasteiger partial charge in [0.2, 0.25) is 5.91 Å². The summed E-state index contributed by atoms with van der Waals surface area (Å²) in [6.45, 7) is 5.49. The van der Waals surface area contributed by atoms with Gasteiger partial charge in [-0.2, -0.15) is 0 Å². The molecular formula is C14H26N2O2. The standard InChI is InChI=1S/C14H26N2O2/c1-10(2)8-12(17)9-16-7-3-4-13(14(16)18)15-11-5-6-11/h10-13,15,17H,3-9H2,1-2H3. The highest BCUT2D eigenvalue weighted by Gasteiger charge is 2.33. The maximum Gasteiger partial charge on any atom is 0.239 e. The van der Waals surface area contributed by atoms with Crippen LogP contribution in [0.25, 0.3) is 0 Å². The van der Waals surface area contributed by atoms with Gasteiger partial charge in [0.05, 0.1) is 12.1 Å². The van der Waals surface area contributed by atoms with Crippen LogP contribution in [0.4, 0.5) is 0 Å². The number of likely N-dealkylation sites (tertiary alicyclic amines) is 1. The number of hydrogen-bond donors (Lipinski definition) is 2. The van der Waals surface area contributed by atoms with Crippen LogP contribution in [-0.2, 0) is 4.79 Å². The van der Waals surface area contributed by atoms with Crippen LogP contribution in [-0.4, -0.2) is 47.2 Å². The molecule has 0 spiro atoms. The second-order valence-electron chi connectivity index (χ2n) is 6.20. The molecular weight excluding hydrogens is 228 g/mol. The van der Waals surface area contributed by atoms with Gasteiger partial charge in [0, 0.05) is 19.1 Å². The summed E-state index contributed by atoms with van der Waals surface area (Å²) >= 11 is 0. The maximum absolute atomic E-state index is 12.3. The molecule has 2 rings (SSSR count). The van der Waals surface area contributed by atoms with Gasteiger partial charge in [-0.3, -0.25) is 4.79 Å². The maximum atomic E-state index is 12.3. The van der Waals surface area contributed by atoms with E-state index in [-0.39, 0.29) is 18.1 Å². The lowest BCUT2D eigenvalue weighted by Gasteiger charge is -2.34. The molecule has 2 atom stereocenters. The molecule has 0 aromatic heterocycles. The molecule has 1 heterocycles. The predicted octanol–water partition coefficient (Wildman–Crippen LogP) is 1.14. The van der Waals surface area contributed by atoms with Gasteiger partial charge in [-0.25, -0.2) is 0 Å². The van der Waals surface area contributed by atoms with Crippen molar-refractivity contribution in [1.82, 2.24) is 10.2 Å². The zero-order chi connectivity index (χ0) is 13.1. The molecule has 4 nitrogen and oxygen atoms in total. The Morgan fingerprint density at radius 3 is 2.72 bits per heavy atom. The lowest BCUT2D eigenvalue weighted by molar-refractivity contribution is -0.137. The van der Waals surface area contributed by atoms with Gasteiger partial charge in [-0.15, -0.1) is 0 Å². The zero-order valence-corrected chi connectivity index (χ0v) is 11.6. The Morgan fingerprint density at radius 1 is 1.39 bits per heavy atom. The molecule has 18 heavy (non-hydrogen) atoms. The second kappa shape index (κ2) is 6.02. The number of aliphatic hydroxyl groups excluding tert-OH is 1. The number of aliphatic hydroxyl groups is 1. The third kappa shape index (κ3) is 3.95. The van der Waals surface area contributed by atoms with E-state index >= 15 is 0 Å². The summed E-state index contributed by atoms with van der Waals surface area (Å²) in [5, 5.41) is 13.4. The van der Waals surface area contributed by atoms with Crippen molar-refractivity contribution in [3.63, 3.8) is 0 Å². The first kappa shape index (κ1) is 13.8. The Labute approximate surface area is 110 Å². The fourth-order valence-corrected chi connectivity index (χ4v) is 2.68. The van der Waals surface area contributed by atoms with Crippen LogP contribution in [0, 0.1) is 5.92 Å². The van der Waals surface area contributed by atoms with Gasteiger partial charge >= 0.3 is 0 Å². The Bertz CT molecular complexity index is 290. The molecule has 0 aromatic carbocycles. The second-order valence-corrected chi connectivity index (χ2v) is 6.20. The summed E-state index contributed by atoms with van der Waals surface area (Å²) in [4.78, 5) is 14.1. The number of nitrogens with zero attached hydrogens (tertiary/aromatic N) is 1. The van der Waals surface area contributed by atoms with Crippen molar-refractivity contribution < 1.29 is 9.90 Å². The minimum atomic E-state index is -0.381. The number of β-amino-alcohol motifs (C(OH)–C–C–N with tert-alkyl or cyclic N) is 1. The van der Waals surface area contributed by atoms with Crippen molar-refractivity contribution in [3.05, 3.63) is 0 Å². The summed E-state index contributed by atoms with van der Waals surface area (Å²) < 4.78 is 0. The van der Waals surface area contributed by atoms with E-state index in [0.29, 0.717) is 18.5 Å². The fourth-order valence-electron chi connectivity index (χ4n) is 2.68. The summed E-state index contributed by atoms with van der Waals surface area (Å²) in [6, 6.07) is 0.567. The highest BCUT2D eigenvalue weighted by molar-refractivity contribution is 5.82. The van der Waals surface area contributed by atoms with E-state index in [1.54, 1.807) is 0 Å². The van der Waals surface area contributed by atoms with Gasteiger partial charge in [-0.05, 0) is 38.0 Å². The molecule has 104 valence electrons. The number of hydrogen-bond acceptors (Lipinski definition) is 3. The Kier molecular flexibility index (Phi) is 4.62. The predicted molar refractivity (Wildman–Crippen MR) is 71.2 cm³/mol. The number of carbonyl (C=O) groups is 1. The average molecular weight is 254 g/mol. The van der Waals surface area contributed by atoms with Gasteiger partial charge < -0.3 is 15.3 Å². The molecule has 1 aliphatic heterocycles. The first-order chi connectivity index (χ1) is 8.56. The van der Waals surface area contributed by atoms with E-state index in [2.05, 4.69) is 19.2 Å². The van der Waals surface area contributed by atoms with E-state index in [1.807, 2.05) is 4.90 Å². The van der Waals surface area contributed by atoms with Gasteiger partial charge in [0.25, 0.3) is 0 Å². The van der Waals surface area contributed by atoms with Crippen LogP contribution in [0.5, 0.6) is 0 Å². The smallest absolute Gasteiger partial charge is 0.239 e. The van der Waals surface area contributed by atoms with E-state index < -0.39 is 0 Å². The number of nitrogens with one attached hydrogen (secondary N) is 1. The van der Waals surface area contributed by atoms with Gasteiger partial charge in [0.1, 0.15) is 0 Å². The molecule has 2 fully saturated rings. The van der Waals surface area contributed by atoms with E-state index in [9.17, 15) is 9.90 Å². The van der Waals surface area contributed by atoms with Gasteiger partial charge in [0.15, 0.2) is 0 Å². The molecule has 2 aliphatic rings. The number of amides is 1. The van der Waals surface area contributed by atoms with E-state index in [1.165, 1.54) is 12.8 Å². The van der Waals surface area contributed by atoms with Gasteiger partial charge in [-0.1, -0.05) is 13.8 Å². The quantitative estimate of drug-likeness (QED) is 0.747. The van der Waals surface area contributed by atoms with Crippen LogP contribution in [0.2, 0.25) is 0 Å². The lowest BCUT2D eigenvalue weighted by atomic mass is 10.0. The summed E-state index contributed by atoms with van der Waals surface area (Å²) in [5.41, 5.74) is 0. The monoisotopic (exact) mass is 254 g/mol. The minimum Gasteiger partial charge on any atom is -0.391 e. The van der Waals surface area contributed by atoms with E-state index in [4.69, 9.17) is 0 Å². The number of piperidine rings is 1. The SMILES string of the molecule is CC(C)CC(O)CN1CCCC(NC2CC2)C1=O. The third-order valence-corrected chi connectivity index (χ3v) is 3.72. The molecule has 0 aromatic rings. The number of carbonyl (C=O) groups excluding carboxylic acids is 1. The van der Waals surface area contributed by atoms with Crippen LogP contribution >= 0.6 is 0 Å². The van der Waals surface area contributed by atoms with Crippen LogP contribution in [0.1, 0.15) is 46.0 Å². The topological polar surface area (TPSA) is 52.6 Å². The van der Waals surface area contributed by atoms with Crippen molar-refractivity contribution in [2.75, 3.05) is 13.1 Å². The minimum absolute atomic E-state index is 0.00231. The molecule has 2 N–H and O–H groups in total. The highest BCUT2D eigenvalue weighted by Crippen LogP contribution is 2.22. The van der Waals surface area contributed by atoms with E-state index in [0.717, 1.165) is 25.8 Å². The fraction of sp³-hybridized carbons (Fsp3) is 0.929. The summed E-state index contributed by atoms with van der Waals surface area (Å²) in [7, 11) is 0. The van der Waals surface area contributed by atoms with Crippen LogP contribution in [0.3, 0.4) is 0 Å². The largest absolute Gasteiger partial charge is 0.391 e. The molecule has 1 aliphatic carbocycles. The molecule has 1 saturated carbocycles. The third-order valence-electron chi connectivity index (χ3n) is 3.72. The van der Waals surface area contributed by atoms with Crippen molar-refractivity contribution in [2.24, 2.45) is 5.92 Å². The lowest BCUT2D eigenvalue weighted by Crippen LogP contribution is -2.53. The molecule has 4 heteroatoms. The van der Waals surface area contributed by atoms with Crippen molar-refractivity contribution in [2.45, 2.75) is 64.1 Å². The van der Waals surface area contributed by atoms with Crippen LogP contribution < -0.4 is 5.32 Å². The first-order valence-corrected chi connectivity index (χ1v) is 7.29. The Balaban J connectivity index is 1.81. The normalized spacial score (nSPS) is 26.8. The molecule has 1 amide bonds. The molecule has 2 unspecified atom stereocenters. The van der Waals surface area contributed by atoms with Crippen molar-refractivity contribution in [3.8, 4) is 0 Å². The van der Waals surface area contributed by atoms with Crippen LogP contribution in [0.15, 0.2) is 0 Å². The first-order valence-electron chi connectivity index (χ1n) is 7.29. The van der Waals surface area contributed by atoms with Crippen molar-refractivity contribution in [1.29, 1.82) is 0 Å². The number of rotatable bonds is 6. The highest BCUT2D eigenvalue weighted by atomic mass is 16.3. The summed E-state index contributed by atoms with van der Waals surface area (Å²) in [5.74, 6) is 0.663. The average Bonchev–Trinajstić information content (AvgIpc) is 3.06. The summed E-state index contributed by atoms with van der Waals surface area (Å²) in [6.07, 6.45) is 4.80. The Hall–Kier alpha value is -0.610. The molecule has 0 bridgehead atoms. The molecule has 0 radical (unpaired) electrons. The Morgan fingerprint density at radius 2 is 2.11 bits per heavy atom. The van der Waals surface area contributed by atoms with Crippen molar-refractivity contribution >= 4 is 5.91 Å². The molecule has 1 saturated heterocycles.